The number of carbonyl (C=O) groups is 1. The fourth-order valence-electron chi connectivity index (χ4n) is 4.35. The molecule has 0 aliphatic carbocycles. The molecule has 4 rings (SSSR count). The van der Waals surface area contributed by atoms with Crippen molar-refractivity contribution in [1.29, 1.82) is 0 Å². The van der Waals surface area contributed by atoms with Crippen LogP contribution >= 0.6 is 0 Å². The van der Waals surface area contributed by atoms with Crippen molar-refractivity contribution in [3.63, 3.8) is 0 Å². The second-order valence-electron chi connectivity index (χ2n) is 8.90. The average Bonchev–Trinajstić information content (AvgIpc) is 3.20. The molecule has 1 aromatic carbocycles. The molecule has 7 nitrogen and oxygen atoms in total. The lowest BCUT2D eigenvalue weighted by molar-refractivity contribution is -0.152. The number of likely N-dealkylation sites (tertiary alicyclic amines) is 1. The molecule has 1 aliphatic heterocycles. The van der Waals surface area contributed by atoms with E-state index in [-0.39, 0.29) is 37.1 Å². The molecule has 0 saturated carbocycles. The van der Waals surface area contributed by atoms with Crippen LogP contribution < -0.4 is 5.32 Å². The largest absolute Gasteiger partial charge is 0.481 e. The molecule has 3 heterocycles. The zero-order valence-electron chi connectivity index (χ0n) is 19.0. The number of nitrogens with one attached hydrogen (secondary N) is 2. The normalized spacial score (nSPS) is 15.9. The molecule has 0 bridgehead atoms. The van der Waals surface area contributed by atoms with Gasteiger partial charge in [-0.25, -0.2) is 18.2 Å². The predicted molar refractivity (Wildman–Crippen MR) is 120 cm³/mol. The van der Waals surface area contributed by atoms with E-state index in [1.54, 1.807) is 19.1 Å². The van der Waals surface area contributed by atoms with Crippen LogP contribution in [0.1, 0.15) is 35.4 Å². The Balaban J connectivity index is 1.51. The number of hydrogen-bond donors (Lipinski definition) is 3. The van der Waals surface area contributed by atoms with Gasteiger partial charge in [0.05, 0.1) is 11.1 Å². The summed E-state index contributed by atoms with van der Waals surface area (Å²) in [5.74, 6) is -2.47. The van der Waals surface area contributed by atoms with Crippen molar-refractivity contribution in [2.75, 3.05) is 18.4 Å². The summed E-state index contributed by atoms with van der Waals surface area (Å²) in [6.45, 7) is 4.33. The van der Waals surface area contributed by atoms with Crippen LogP contribution in [-0.4, -0.2) is 44.2 Å². The summed E-state index contributed by atoms with van der Waals surface area (Å²) in [6.07, 6.45) is 0.386. The first-order valence-electron chi connectivity index (χ1n) is 11.0. The maximum Gasteiger partial charge on any atom is 0.310 e. The van der Waals surface area contributed by atoms with Gasteiger partial charge in [-0.05, 0) is 57.5 Å². The Morgan fingerprint density at radius 1 is 1.15 bits per heavy atom. The van der Waals surface area contributed by atoms with E-state index in [0.717, 1.165) is 11.8 Å². The molecule has 10 heteroatoms. The zero-order valence-corrected chi connectivity index (χ0v) is 19.0. The van der Waals surface area contributed by atoms with Crippen molar-refractivity contribution in [3.8, 4) is 0 Å². The van der Waals surface area contributed by atoms with Crippen LogP contribution in [0.2, 0.25) is 0 Å². The van der Waals surface area contributed by atoms with Crippen molar-refractivity contribution in [3.05, 3.63) is 70.3 Å². The highest BCUT2D eigenvalue weighted by Gasteiger charge is 2.43. The summed E-state index contributed by atoms with van der Waals surface area (Å²) in [5.41, 5.74) is 0.273. The maximum atomic E-state index is 15.0. The molecule has 180 valence electrons. The standard InChI is InChI=1S/C24H26F3N5O2/c1-14-10-19(29-20-11-15(2)30-31-20)28-18(21(14)26)12-24(23(33)34)6-8-32(9-7-24)13-16-4-3-5-17(25)22(16)27/h3-5,10-11H,6-9,12-13H2,1-2H3,(H,33,34)(H2,28,29,30,31). The minimum atomic E-state index is -1.21. The number of halogens is 3. The van der Waals surface area contributed by atoms with E-state index < -0.39 is 28.8 Å². The maximum absolute atomic E-state index is 15.0. The molecular formula is C24H26F3N5O2. The number of rotatable bonds is 7. The van der Waals surface area contributed by atoms with Gasteiger partial charge in [-0.15, -0.1) is 0 Å². The molecule has 0 spiro atoms. The van der Waals surface area contributed by atoms with E-state index in [0.29, 0.717) is 30.3 Å². The number of piperidine rings is 1. The lowest BCUT2D eigenvalue weighted by atomic mass is 9.74. The molecule has 1 aliphatic rings. The number of nitrogens with zero attached hydrogens (tertiary/aromatic N) is 3. The van der Waals surface area contributed by atoms with Crippen LogP contribution in [0, 0.1) is 36.7 Å². The smallest absolute Gasteiger partial charge is 0.310 e. The van der Waals surface area contributed by atoms with Crippen molar-refractivity contribution in [2.45, 2.75) is 39.7 Å². The summed E-state index contributed by atoms with van der Waals surface area (Å²) in [5, 5.41) is 20.0. The molecule has 0 amide bonds. The summed E-state index contributed by atoms with van der Waals surface area (Å²) in [4.78, 5) is 18.6. The first-order chi connectivity index (χ1) is 16.2. The fraction of sp³-hybridized carbons (Fsp3) is 0.375. The minimum Gasteiger partial charge on any atom is -0.481 e. The van der Waals surface area contributed by atoms with E-state index in [4.69, 9.17) is 0 Å². The summed E-state index contributed by atoms with van der Waals surface area (Å²) in [6, 6.07) is 7.34. The highest BCUT2D eigenvalue weighted by atomic mass is 19.2. The number of H-pyrrole nitrogens is 1. The number of aryl methyl sites for hydroxylation is 2. The van der Waals surface area contributed by atoms with E-state index >= 15 is 0 Å². The van der Waals surface area contributed by atoms with Gasteiger partial charge in [0.1, 0.15) is 11.6 Å². The van der Waals surface area contributed by atoms with E-state index in [9.17, 15) is 23.1 Å². The lowest BCUT2D eigenvalue weighted by Crippen LogP contribution is -2.45. The van der Waals surface area contributed by atoms with Gasteiger partial charge in [-0.2, -0.15) is 5.10 Å². The summed E-state index contributed by atoms with van der Waals surface area (Å²) < 4.78 is 42.5. The average molecular weight is 473 g/mol. The van der Waals surface area contributed by atoms with Gasteiger partial charge < -0.3 is 10.4 Å². The van der Waals surface area contributed by atoms with Crippen LogP contribution in [-0.2, 0) is 17.8 Å². The molecule has 2 aromatic heterocycles. The van der Waals surface area contributed by atoms with Gasteiger partial charge >= 0.3 is 5.97 Å². The van der Waals surface area contributed by atoms with Gasteiger partial charge in [0.25, 0.3) is 0 Å². The molecule has 1 saturated heterocycles. The van der Waals surface area contributed by atoms with Gasteiger partial charge in [-0.1, -0.05) is 12.1 Å². The Bertz CT molecular complexity index is 1210. The molecule has 0 unspecified atom stereocenters. The molecule has 3 aromatic rings. The summed E-state index contributed by atoms with van der Waals surface area (Å²) in [7, 11) is 0. The molecule has 34 heavy (non-hydrogen) atoms. The minimum absolute atomic E-state index is 0.0711. The number of aromatic nitrogens is 3. The third kappa shape index (κ3) is 4.91. The third-order valence-corrected chi connectivity index (χ3v) is 6.37. The first kappa shape index (κ1) is 23.7. The Morgan fingerprint density at radius 2 is 1.88 bits per heavy atom. The van der Waals surface area contributed by atoms with Crippen molar-refractivity contribution in [1.82, 2.24) is 20.1 Å². The number of carboxylic acids is 1. The topological polar surface area (TPSA) is 94.1 Å². The van der Waals surface area contributed by atoms with Gasteiger partial charge in [-0.3, -0.25) is 14.8 Å². The van der Waals surface area contributed by atoms with E-state index in [1.807, 2.05) is 11.8 Å². The number of hydrogen-bond acceptors (Lipinski definition) is 5. The number of benzene rings is 1. The van der Waals surface area contributed by atoms with Crippen molar-refractivity contribution in [2.24, 2.45) is 5.41 Å². The van der Waals surface area contributed by atoms with Crippen molar-refractivity contribution >= 4 is 17.6 Å². The predicted octanol–water partition coefficient (Wildman–Crippen LogP) is 4.49. The van der Waals surface area contributed by atoms with Gasteiger partial charge in [0.15, 0.2) is 17.5 Å². The number of aliphatic carboxylic acids is 1. The number of pyridine rings is 1. The van der Waals surface area contributed by atoms with E-state index in [1.165, 1.54) is 12.1 Å². The van der Waals surface area contributed by atoms with Crippen LogP contribution in [0.5, 0.6) is 0 Å². The third-order valence-electron chi connectivity index (χ3n) is 6.37. The van der Waals surface area contributed by atoms with Crippen LogP contribution in [0.25, 0.3) is 0 Å². The van der Waals surface area contributed by atoms with Gasteiger partial charge in [0, 0.05) is 30.3 Å². The van der Waals surface area contributed by atoms with Crippen LogP contribution in [0.4, 0.5) is 24.8 Å². The second kappa shape index (κ2) is 9.46. The SMILES string of the molecule is Cc1cc(Nc2cc(C)c(F)c(CC3(C(=O)O)CCN(Cc4cccc(F)c4F)CC3)n2)n[nH]1. The number of aromatic amines is 1. The molecule has 1 fully saturated rings. The highest BCUT2D eigenvalue weighted by Crippen LogP contribution is 2.37. The number of anilines is 2. The van der Waals surface area contributed by atoms with Crippen LogP contribution in [0.3, 0.4) is 0 Å². The first-order valence-corrected chi connectivity index (χ1v) is 11.0. The Kier molecular flexibility index (Phi) is 6.60. The molecule has 0 atom stereocenters. The van der Waals surface area contributed by atoms with E-state index in [2.05, 4.69) is 20.5 Å². The van der Waals surface area contributed by atoms with Gasteiger partial charge in [0.2, 0.25) is 0 Å². The quantitative estimate of drug-likeness (QED) is 0.468. The number of carboxylic acid groups (broad SMARTS) is 1. The Hall–Kier alpha value is -3.40. The lowest BCUT2D eigenvalue weighted by Gasteiger charge is -2.39. The molecule has 3 N–H and O–H groups in total. The van der Waals surface area contributed by atoms with Crippen LogP contribution in [0.15, 0.2) is 30.3 Å². The van der Waals surface area contributed by atoms with Crippen molar-refractivity contribution < 1.29 is 23.1 Å². The highest BCUT2D eigenvalue weighted by molar-refractivity contribution is 5.75. The Morgan fingerprint density at radius 3 is 2.53 bits per heavy atom. The Labute approximate surface area is 195 Å². The fourth-order valence-corrected chi connectivity index (χ4v) is 4.35. The zero-order chi connectivity index (χ0) is 24.5. The molecule has 0 radical (unpaired) electrons. The molecular weight excluding hydrogens is 447 g/mol. The monoisotopic (exact) mass is 473 g/mol. The second-order valence-corrected chi connectivity index (χ2v) is 8.90. The summed E-state index contributed by atoms with van der Waals surface area (Å²) >= 11 is 0.